The van der Waals surface area contributed by atoms with Crippen LogP contribution in [0.25, 0.3) is 0 Å². The van der Waals surface area contributed by atoms with E-state index in [9.17, 15) is 18.0 Å². The number of nitrogens with zero attached hydrogens (tertiary/aromatic N) is 2. The number of carbonyl (C=O) groups is 1. The van der Waals surface area contributed by atoms with Gasteiger partial charge in [-0.25, -0.2) is 4.98 Å². The second-order valence-electron chi connectivity index (χ2n) is 1.95. The molecule has 0 fully saturated rings. The molecule has 0 bridgehead atoms. The Kier molecular flexibility index (Phi) is 2.86. The molecule has 1 aromatic heterocycles. The Morgan fingerprint density at radius 1 is 1.38 bits per heavy atom. The van der Waals surface area contributed by atoms with Crippen molar-refractivity contribution in [1.29, 1.82) is 0 Å². The van der Waals surface area contributed by atoms with E-state index in [0.717, 1.165) is 12.4 Å². The molecule has 13 heavy (non-hydrogen) atoms. The number of hydrogen-bond donors (Lipinski definition) is 0. The summed E-state index contributed by atoms with van der Waals surface area (Å²) in [6, 6.07) is 0. The van der Waals surface area contributed by atoms with E-state index in [1.54, 1.807) is 0 Å². The van der Waals surface area contributed by atoms with Crippen LogP contribution in [0.3, 0.4) is 0 Å². The molecule has 70 valence electrons. The fraction of sp³-hybridized carbons (Fsp3) is 0.167. The predicted molar refractivity (Wildman–Crippen MR) is 39.3 cm³/mol. The molecule has 0 N–H and O–H groups in total. The maximum atomic E-state index is 11.8. The number of thioether (sulfide) groups is 1. The first-order chi connectivity index (χ1) is 6.01. The standard InChI is InChI=1S/C6H3F3N2OS/c7-6(8,9)13-5-2-10-1-4(3-12)11-5/h1-3H. The SMILES string of the molecule is O=Cc1cncc(SC(F)(F)F)n1. The van der Waals surface area contributed by atoms with Crippen molar-refractivity contribution in [2.24, 2.45) is 0 Å². The van der Waals surface area contributed by atoms with Crippen molar-refractivity contribution in [3.05, 3.63) is 18.1 Å². The topological polar surface area (TPSA) is 42.9 Å². The third-order valence-corrected chi connectivity index (χ3v) is 1.61. The zero-order chi connectivity index (χ0) is 9.90. The molecule has 0 spiro atoms. The molecule has 0 amide bonds. The Labute approximate surface area is 75.4 Å². The van der Waals surface area contributed by atoms with Crippen molar-refractivity contribution in [3.8, 4) is 0 Å². The van der Waals surface area contributed by atoms with Crippen LogP contribution in [0.4, 0.5) is 13.2 Å². The Morgan fingerprint density at radius 3 is 2.62 bits per heavy atom. The molecule has 0 saturated heterocycles. The van der Waals surface area contributed by atoms with Gasteiger partial charge in [0.05, 0.1) is 12.4 Å². The summed E-state index contributed by atoms with van der Waals surface area (Å²) in [5, 5.41) is -0.336. The van der Waals surface area contributed by atoms with Crippen molar-refractivity contribution >= 4 is 18.0 Å². The molecule has 0 radical (unpaired) electrons. The molecule has 0 aliphatic heterocycles. The summed E-state index contributed by atoms with van der Waals surface area (Å²) in [6.45, 7) is 0. The van der Waals surface area contributed by atoms with Crippen molar-refractivity contribution in [3.63, 3.8) is 0 Å². The number of aromatic nitrogens is 2. The van der Waals surface area contributed by atoms with E-state index in [1.807, 2.05) is 0 Å². The van der Waals surface area contributed by atoms with E-state index < -0.39 is 17.3 Å². The Morgan fingerprint density at radius 2 is 2.08 bits per heavy atom. The van der Waals surface area contributed by atoms with Crippen LogP contribution in [0.5, 0.6) is 0 Å². The maximum Gasteiger partial charge on any atom is 0.447 e. The number of halogens is 3. The molecule has 0 unspecified atom stereocenters. The monoisotopic (exact) mass is 208 g/mol. The van der Waals surface area contributed by atoms with Crippen molar-refractivity contribution in [1.82, 2.24) is 9.97 Å². The Bertz CT molecular complexity index is 315. The second kappa shape index (κ2) is 3.73. The minimum atomic E-state index is -4.41. The Hall–Kier alpha value is -1.11. The van der Waals surface area contributed by atoms with Gasteiger partial charge in [0.15, 0.2) is 6.29 Å². The van der Waals surface area contributed by atoms with Crippen LogP contribution < -0.4 is 0 Å². The highest BCUT2D eigenvalue weighted by Crippen LogP contribution is 2.35. The maximum absolute atomic E-state index is 11.8. The molecule has 0 aliphatic rings. The normalized spacial score (nSPS) is 11.3. The summed E-state index contributed by atoms with van der Waals surface area (Å²) >= 11 is -0.402. The van der Waals surface area contributed by atoms with Gasteiger partial charge in [0.1, 0.15) is 10.7 Å². The van der Waals surface area contributed by atoms with Gasteiger partial charge in [-0.15, -0.1) is 0 Å². The van der Waals surface area contributed by atoms with E-state index in [-0.39, 0.29) is 10.7 Å². The first-order valence-corrected chi connectivity index (χ1v) is 3.86. The third kappa shape index (κ3) is 3.41. The van der Waals surface area contributed by atoms with Gasteiger partial charge in [-0.2, -0.15) is 13.2 Å². The molecule has 0 atom stereocenters. The Balaban J connectivity index is 2.84. The molecule has 1 heterocycles. The van der Waals surface area contributed by atoms with Crippen LogP contribution in [0.15, 0.2) is 17.4 Å². The minimum Gasteiger partial charge on any atom is -0.296 e. The van der Waals surface area contributed by atoms with Gasteiger partial charge in [0.2, 0.25) is 0 Å². The predicted octanol–water partition coefficient (Wildman–Crippen LogP) is 1.90. The lowest BCUT2D eigenvalue weighted by atomic mass is 10.5. The van der Waals surface area contributed by atoms with Gasteiger partial charge < -0.3 is 0 Å². The fourth-order valence-corrected chi connectivity index (χ4v) is 1.09. The van der Waals surface area contributed by atoms with Crippen molar-refractivity contribution < 1.29 is 18.0 Å². The van der Waals surface area contributed by atoms with E-state index in [2.05, 4.69) is 9.97 Å². The number of rotatable bonds is 2. The van der Waals surface area contributed by atoms with E-state index in [1.165, 1.54) is 0 Å². The van der Waals surface area contributed by atoms with Gasteiger partial charge in [-0.05, 0) is 0 Å². The van der Waals surface area contributed by atoms with Crippen LogP contribution in [0, 0.1) is 0 Å². The molecule has 1 aromatic rings. The van der Waals surface area contributed by atoms with E-state index in [4.69, 9.17) is 0 Å². The summed E-state index contributed by atoms with van der Waals surface area (Å²) in [7, 11) is 0. The molecular weight excluding hydrogens is 205 g/mol. The van der Waals surface area contributed by atoms with Gasteiger partial charge in [0, 0.05) is 11.8 Å². The highest BCUT2D eigenvalue weighted by Gasteiger charge is 2.30. The number of carbonyl (C=O) groups excluding carboxylic acids is 1. The molecule has 0 aromatic carbocycles. The van der Waals surface area contributed by atoms with E-state index in [0.29, 0.717) is 6.29 Å². The first kappa shape index (κ1) is 9.97. The fourth-order valence-electron chi connectivity index (χ4n) is 0.587. The highest BCUT2D eigenvalue weighted by atomic mass is 32.2. The first-order valence-electron chi connectivity index (χ1n) is 3.04. The zero-order valence-corrected chi connectivity index (χ0v) is 6.89. The lowest BCUT2D eigenvalue weighted by molar-refractivity contribution is -0.0329. The van der Waals surface area contributed by atoms with Gasteiger partial charge in [0.25, 0.3) is 0 Å². The summed E-state index contributed by atoms with van der Waals surface area (Å²) < 4.78 is 35.4. The van der Waals surface area contributed by atoms with Crippen LogP contribution in [-0.4, -0.2) is 21.8 Å². The molecule has 3 nitrogen and oxygen atoms in total. The summed E-state index contributed by atoms with van der Waals surface area (Å²) in [5.74, 6) is 0. The summed E-state index contributed by atoms with van der Waals surface area (Å²) in [5.41, 5.74) is -4.52. The van der Waals surface area contributed by atoms with E-state index >= 15 is 0 Å². The number of aldehydes is 1. The van der Waals surface area contributed by atoms with Crippen LogP contribution >= 0.6 is 11.8 Å². The van der Waals surface area contributed by atoms with Gasteiger partial charge in [-0.1, -0.05) is 0 Å². The number of hydrogen-bond acceptors (Lipinski definition) is 4. The third-order valence-electron chi connectivity index (χ3n) is 0.972. The molecular formula is C6H3F3N2OS. The average Bonchev–Trinajstić information content (AvgIpc) is 2.01. The van der Waals surface area contributed by atoms with Crippen LogP contribution in [-0.2, 0) is 0 Å². The largest absolute Gasteiger partial charge is 0.447 e. The smallest absolute Gasteiger partial charge is 0.296 e. The summed E-state index contributed by atoms with van der Waals surface area (Å²) in [4.78, 5) is 16.9. The van der Waals surface area contributed by atoms with Crippen molar-refractivity contribution in [2.75, 3.05) is 0 Å². The average molecular weight is 208 g/mol. The van der Waals surface area contributed by atoms with Gasteiger partial charge >= 0.3 is 5.51 Å². The van der Waals surface area contributed by atoms with Crippen LogP contribution in [0.1, 0.15) is 10.5 Å². The van der Waals surface area contributed by atoms with Crippen LogP contribution in [0.2, 0.25) is 0 Å². The quantitative estimate of drug-likeness (QED) is 0.550. The van der Waals surface area contributed by atoms with Gasteiger partial charge in [-0.3, -0.25) is 9.78 Å². The molecule has 0 saturated carbocycles. The second-order valence-corrected chi connectivity index (χ2v) is 3.03. The van der Waals surface area contributed by atoms with Crippen molar-refractivity contribution in [2.45, 2.75) is 10.5 Å². The lowest BCUT2D eigenvalue weighted by Gasteiger charge is -2.03. The summed E-state index contributed by atoms with van der Waals surface area (Å²) in [6.07, 6.45) is 2.38. The minimum absolute atomic E-state index is 0.116. The number of alkyl halides is 3. The molecule has 0 aliphatic carbocycles. The molecule has 1 rings (SSSR count). The zero-order valence-electron chi connectivity index (χ0n) is 6.08. The molecule has 7 heteroatoms. The highest BCUT2D eigenvalue weighted by molar-refractivity contribution is 8.00. The lowest BCUT2D eigenvalue weighted by Crippen LogP contribution is -2.01.